The van der Waals surface area contributed by atoms with E-state index >= 15 is 0 Å². The molecule has 0 radical (unpaired) electrons. The van der Waals surface area contributed by atoms with E-state index in [2.05, 4.69) is 5.16 Å². The number of hydrogen-bond donors (Lipinski definition) is 1. The Morgan fingerprint density at radius 1 is 0.912 bits per heavy atom. The molecule has 1 N–H and O–H groups in total. The van der Waals surface area contributed by atoms with Crippen molar-refractivity contribution in [1.29, 1.82) is 0 Å². The second-order valence-electron chi connectivity index (χ2n) is 7.85. The van der Waals surface area contributed by atoms with Crippen LogP contribution in [0.4, 0.5) is 0 Å². The molecule has 4 rings (SSSR count). The number of esters is 1. The van der Waals surface area contributed by atoms with Gasteiger partial charge in [0, 0.05) is 21.7 Å². The van der Waals surface area contributed by atoms with E-state index in [1.807, 2.05) is 66.7 Å². The maximum Gasteiger partial charge on any atom is 0.310 e. The highest BCUT2D eigenvalue weighted by Gasteiger charge is 2.19. The van der Waals surface area contributed by atoms with Crippen molar-refractivity contribution in [1.82, 2.24) is 5.16 Å². The van der Waals surface area contributed by atoms with Gasteiger partial charge < -0.3 is 14.4 Å². The third kappa shape index (κ3) is 5.53. The molecule has 7 heteroatoms. The topological polar surface area (TPSA) is 89.6 Å². The van der Waals surface area contributed by atoms with Gasteiger partial charge in [-0.1, -0.05) is 83.5 Å². The Hall–Kier alpha value is -3.90. The lowest BCUT2D eigenvalue weighted by Gasteiger charge is -2.08. The summed E-state index contributed by atoms with van der Waals surface area (Å²) in [6, 6.07) is 22.3. The SMILES string of the molecule is Cc1noc(-c2ccc(-c3ccc(CC(=O)O)cc3)cc2)c1CC(=O)OCc1ccccc1Cl. The molecule has 0 aliphatic carbocycles. The van der Waals surface area contributed by atoms with Crippen molar-refractivity contribution in [2.24, 2.45) is 0 Å². The molecule has 34 heavy (non-hydrogen) atoms. The molecule has 0 atom stereocenters. The van der Waals surface area contributed by atoms with Crippen molar-refractivity contribution >= 4 is 23.5 Å². The summed E-state index contributed by atoms with van der Waals surface area (Å²) < 4.78 is 10.9. The van der Waals surface area contributed by atoms with Gasteiger partial charge >= 0.3 is 11.9 Å². The van der Waals surface area contributed by atoms with Crippen LogP contribution >= 0.6 is 11.6 Å². The molecule has 0 saturated heterocycles. The first-order valence-electron chi connectivity index (χ1n) is 10.7. The van der Waals surface area contributed by atoms with E-state index in [4.69, 9.17) is 26.0 Å². The lowest BCUT2D eigenvalue weighted by Crippen LogP contribution is -2.09. The molecule has 0 aliphatic rings. The lowest BCUT2D eigenvalue weighted by molar-refractivity contribution is -0.144. The van der Waals surface area contributed by atoms with Crippen LogP contribution in [0, 0.1) is 6.92 Å². The van der Waals surface area contributed by atoms with E-state index in [0.717, 1.165) is 27.8 Å². The summed E-state index contributed by atoms with van der Waals surface area (Å²) in [5, 5.41) is 13.5. The van der Waals surface area contributed by atoms with E-state index < -0.39 is 11.9 Å². The van der Waals surface area contributed by atoms with Crippen LogP contribution in [0.5, 0.6) is 0 Å². The second-order valence-corrected chi connectivity index (χ2v) is 8.26. The second kappa shape index (κ2) is 10.4. The molecule has 172 valence electrons. The van der Waals surface area contributed by atoms with E-state index in [1.54, 1.807) is 13.0 Å². The maximum atomic E-state index is 12.5. The van der Waals surface area contributed by atoms with E-state index in [0.29, 0.717) is 22.0 Å². The predicted molar refractivity (Wildman–Crippen MR) is 128 cm³/mol. The van der Waals surface area contributed by atoms with Gasteiger partial charge in [0.2, 0.25) is 0 Å². The fourth-order valence-corrected chi connectivity index (χ4v) is 3.79. The molecule has 0 amide bonds. The van der Waals surface area contributed by atoms with Gasteiger partial charge in [-0.3, -0.25) is 9.59 Å². The minimum absolute atomic E-state index is 0.00629. The fourth-order valence-electron chi connectivity index (χ4n) is 3.60. The Morgan fingerprint density at radius 3 is 2.18 bits per heavy atom. The van der Waals surface area contributed by atoms with Crippen LogP contribution in [0.1, 0.15) is 22.4 Å². The van der Waals surface area contributed by atoms with Gasteiger partial charge in [0.05, 0.1) is 18.5 Å². The average Bonchev–Trinajstić information content (AvgIpc) is 3.18. The molecule has 1 aromatic heterocycles. The van der Waals surface area contributed by atoms with Gasteiger partial charge in [-0.25, -0.2) is 0 Å². The van der Waals surface area contributed by atoms with Crippen molar-refractivity contribution in [2.75, 3.05) is 0 Å². The van der Waals surface area contributed by atoms with Crippen LogP contribution in [0.25, 0.3) is 22.5 Å². The lowest BCUT2D eigenvalue weighted by atomic mass is 9.99. The summed E-state index contributed by atoms with van der Waals surface area (Å²) in [6.07, 6.45) is 0.0234. The monoisotopic (exact) mass is 475 g/mol. The standard InChI is InChI=1S/C27H22ClNO5/c1-17-23(15-26(32)33-16-22-4-2-3-5-24(22)28)27(34-29-17)21-12-10-20(11-13-21)19-8-6-18(7-9-19)14-25(30)31/h2-13H,14-16H2,1H3,(H,30,31). The number of aliphatic carboxylic acids is 1. The number of carboxylic acid groups (broad SMARTS) is 1. The Balaban J connectivity index is 1.46. The largest absolute Gasteiger partial charge is 0.481 e. The zero-order valence-corrected chi connectivity index (χ0v) is 19.2. The zero-order chi connectivity index (χ0) is 24.1. The van der Waals surface area contributed by atoms with Crippen LogP contribution in [0.2, 0.25) is 5.02 Å². The Kier molecular flexibility index (Phi) is 7.09. The number of carboxylic acids is 1. The molecule has 0 bridgehead atoms. The molecule has 6 nitrogen and oxygen atoms in total. The van der Waals surface area contributed by atoms with Gasteiger partial charge in [0.15, 0.2) is 5.76 Å². The number of aryl methyl sites for hydroxylation is 1. The third-order valence-corrected chi connectivity index (χ3v) is 5.81. The molecule has 0 fully saturated rings. The van der Waals surface area contributed by atoms with Crippen molar-refractivity contribution < 1.29 is 24.0 Å². The fraction of sp³-hybridized carbons (Fsp3) is 0.148. The van der Waals surface area contributed by atoms with Gasteiger partial charge in [-0.15, -0.1) is 0 Å². The molecular weight excluding hydrogens is 454 g/mol. The van der Waals surface area contributed by atoms with Gasteiger partial charge in [0.25, 0.3) is 0 Å². The smallest absolute Gasteiger partial charge is 0.310 e. The van der Waals surface area contributed by atoms with Crippen molar-refractivity contribution in [3.63, 3.8) is 0 Å². The molecule has 0 unspecified atom stereocenters. The molecule has 3 aromatic carbocycles. The Labute approximate surface area is 201 Å². The zero-order valence-electron chi connectivity index (χ0n) is 18.5. The third-order valence-electron chi connectivity index (χ3n) is 5.44. The first kappa shape index (κ1) is 23.3. The van der Waals surface area contributed by atoms with E-state index in [-0.39, 0.29) is 19.4 Å². The minimum atomic E-state index is -0.858. The number of halogens is 1. The number of rotatable bonds is 8. The molecule has 4 aromatic rings. The quantitative estimate of drug-likeness (QED) is 0.320. The van der Waals surface area contributed by atoms with Crippen molar-refractivity contribution in [3.8, 4) is 22.5 Å². The number of aromatic nitrogens is 1. The number of carbonyl (C=O) groups is 2. The van der Waals surface area contributed by atoms with Crippen LogP contribution in [-0.4, -0.2) is 22.2 Å². The van der Waals surface area contributed by atoms with Gasteiger partial charge in [-0.05, 0) is 29.7 Å². The number of hydrogen-bond acceptors (Lipinski definition) is 5. The Bertz CT molecular complexity index is 1310. The first-order valence-corrected chi connectivity index (χ1v) is 11.0. The van der Waals surface area contributed by atoms with Gasteiger partial charge in [-0.2, -0.15) is 0 Å². The highest BCUT2D eigenvalue weighted by Crippen LogP contribution is 2.30. The Morgan fingerprint density at radius 2 is 1.53 bits per heavy atom. The number of carbonyl (C=O) groups excluding carboxylic acids is 1. The number of benzene rings is 3. The summed E-state index contributed by atoms with van der Waals surface area (Å²) in [7, 11) is 0. The highest BCUT2D eigenvalue weighted by atomic mass is 35.5. The number of nitrogens with zero attached hydrogens (tertiary/aromatic N) is 1. The van der Waals surface area contributed by atoms with Crippen molar-refractivity contribution in [2.45, 2.75) is 26.4 Å². The molecule has 0 aliphatic heterocycles. The van der Waals surface area contributed by atoms with Crippen LogP contribution in [0.15, 0.2) is 77.3 Å². The first-order chi connectivity index (χ1) is 16.4. The molecule has 0 saturated carbocycles. The minimum Gasteiger partial charge on any atom is -0.481 e. The number of ether oxygens (including phenoxy) is 1. The van der Waals surface area contributed by atoms with Crippen LogP contribution in [-0.2, 0) is 33.8 Å². The highest BCUT2D eigenvalue weighted by molar-refractivity contribution is 6.31. The summed E-state index contributed by atoms with van der Waals surface area (Å²) in [5.41, 5.74) is 5.53. The van der Waals surface area contributed by atoms with E-state index in [9.17, 15) is 9.59 Å². The summed E-state index contributed by atoms with van der Waals surface area (Å²) in [6.45, 7) is 1.88. The summed E-state index contributed by atoms with van der Waals surface area (Å²) in [4.78, 5) is 23.4. The summed E-state index contributed by atoms with van der Waals surface area (Å²) in [5.74, 6) is -0.732. The predicted octanol–water partition coefficient (Wildman–Crippen LogP) is 5.88. The van der Waals surface area contributed by atoms with Crippen LogP contribution < -0.4 is 0 Å². The normalized spacial score (nSPS) is 10.8. The molecular formula is C27H22ClNO5. The van der Waals surface area contributed by atoms with Gasteiger partial charge in [0.1, 0.15) is 6.61 Å². The maximum absolute atomic E-state index is 12.5. The summed E-state index contributed by atoms with van der Waals surface area (Å²) >= 11 is 6.13. The molecule has 0 spiro atoms. The van der Waals surface area contributed by atoms with E-state index in [1.165, 1.54) is 0 Å². The van der Waals surface area contributed by atoms with Crippen LogP contribution in [0.3, 0.4) is 0 Å². The molecule has 1 heterocycles. The average molecular weight is 476 g/mol. The van der Waals surface area contributed by atoms with Crippen molar-refractivity contribution in [3.05, 3.63) is 100 Å².